The molecule has 1 rings (SSSR count). The lowest BCUT2D eigenvalue weighted by Gasteiger charge is -2.11. The van der Waals surface area contributed by atoms with E-state index in [2.05, 4.69) is 11.4 Å². The largest absolute Gasteiger partial charge is 0.497 e. The molecule has 1 unspecified atom stereocenters. The number of hydrogen-bond acceptors (Lipinski definition) is 3. The van der Waals surface area contributed by atoms with Gasteiger partial charge in [-0.25, -0.2) is 0 Å². The predicted octanol–water partition coefficient (Wildman–Crippen LogP) is 3.31. The normalized spacial score (nSPS) is 11.6. The third-order valence-corrected chi connectivity index (χ3v) is 2.70. The summed E-state index contributed by atoms with van der Waals surface area (Å²) >= 11 is 6.05. The molecule has 0 aliphatic heterocycles. The third-order valence-electron chi connectivity index (χ3n) is 2.39. The maximum absolute atomic E-state index is 8.81. The van der Waals surface area contributed by atoms with Gasteiger partial charge in [0.2, 0.25) is 0 Å². The van der Waals surface area contributed by atoms with Crippen LogP contribution in [-0.2, 0) is 0 Å². The molecule has 16 heavy (non-hydrogen) atoms. The predicted molar refractivity (Wildman–Crippen MR) is 65.9 cm³/mol. The minimum atomic E-state index is 0.0122. The van der Waals surface area contributed by atoms with Crippen LogP contribution in [0, 0.1) is 17.2 Å². The van der Waals surface area contributed by atoms with Crippen LogP contribution in [-0.4, -0.2) is 13.7 Å². The zero-order valence-electron chi connectivity index (χ0n) is 9.46. The summed E-state index contributed by atoms with van der Waals surface area (Å²) in [4.78, 5) is 0. The summed E-state index contributed by atoms with van der Waals surface area (Å²) in [6, 6.07) is 7.67. The molecule has 0 heterocycles. The van der Waals surface area contributed by atoms with Crippen molar-refractivity contribution in [2.75, 3.05) is 19.0 Å². The lowest BCUT2D eigenvalue weighted by Crippen LogP contribution is -2.11. The standard InChI is InChI=1S/C12H15ClN2O/c1-3-9(7-14)8-15-12-5-4-10(16-2)6-11(12)13/h4-6,9,15H,3,8H2,1-2H3. The highest BCUT2D eigenvalue weighted by Crippen LogP contribution is 2.26. The van der Waals surface area contributed by atoms with Gasteiger partial charge in [-0.3, -0.25) is 0 Å². The molecule has 0 spiro atoms. The first-order valence-corrected chi connectivity index (χ1v) is 5.56. The monoisotopic (exact) mass is 238 g/mol. The van der Waals surface area contributed by atoms with Crippen LogP contribution in [0.15, 0.2) is 18.2 Å². The second-order valence-corrected chi connectivity index (χ2v) is 3.87. The van der Waals surface area contributed by atoms with E-state index in [1.54, 1.807) is 13.2 Å². The highest BCUT2D eigenvalue weighted by Gasteiger charge is 2.06. The second kappa shape index (κ2) is 6.24. The summed E-state index contributed by atoms with van der Waals surface area (Å²) in [6.45, 7) is 2.60. The molecule has 0 radical (unpaired) electrons. The molecule has 0 aromatic heterocycles. The maximum Gasteiger partial charge on any atom is 0.120 e. The molecule has 1 aromatic carbocycles. The van der Waals surface area contributed by atoms with Gasteiger partial charge in [0, 0.05) is 12.6 Å². The van der Waals surface area contributed by atoms with Gasteiger partial charge in [-0.1, -0.05) is 18.5 Å². The van der Waals surface area contributed by atoms with E-state index in [4.69, 9.17) is 21.6 Å². The lowest BCUT2D eigenvalue weighted by atomic mass is 10.1. The van der Waals surface area contributed by atoms with Gasteiger partial charge in [0.1, 0.15) is 5.75 Å². The van der Waals surface area contributed by atoms with Gasteiger partial charge in [0.15, 0.2) is 0 Å². The van der Waals surface area contributed by atoms with E-state index < -0.39 is 0 Å². The number of nitrogens with one attached hydrogen (secondary N) is 1. The van der Waals surface area contributed by atoms with Crippen LogP contribution < -0.4 is 10.1 Å². The SMILES string of the molecule is CCC(C#N)CNc1ccc(OC)cc1Cl. The molecule has 0 amide bonds. The van der Waals surface area contributed by atoms with E-state index in [0.29, 0.717) is 11.6 Å². The molecule has 0 aliphatic rings. The molecular weight excluding hydrogens is 224 g/mol. The zero-order chi connectivity index (χ0) is 12.0. The van der Waals surface area contributed by atoms with Crippen molar-refractivity contribution in [1.29, 1.82) is 5.26 Å². The second-order valence-electron chi connectivity index (χ2n) is 3.46. The molecule has 1 N–H and O–H groups in total. The Morgan fingerprint density at radius 1 is 1.56 bits per heavy atom. The highest BCUT2D eigenvalue weighted by atomic mass is 35.5. The Hall–Kier alpha value is -1.40. The number of nitriles is 1. The van der Waals surface area contributed by atoms with Gasteiger partial charge in [-0.2, -0.15) is 5.26 Å². The van der Waals surface area contributed by atoms with Crippen LogP contribution in [0.5, 0.6) is 5.75 Å². The van der Waals surface area contributed by atoms with Crippen molar-refractivity contribution in [2.24, 2.45) is 5.92 Å². The summed E-state index contributed by atoms with van der Waals surface area (Å²) in [5.41, 5.74) is 0.830. The molecule has 1 atom stereocenters. The molecule has 0 fully saturated rings. The van der Waals surface area contributed by atoms with Crippen molar-refractivity contribution in [3.63, 3.8) is 0 Å². The van der Waals surface area contributed by atoms with Crippen molar-refractivity contribution in [3.8, 4) is 11.8 Å². The van der Waals surface area contributed by atoms with Crippen LogP contribution in [0.25, 0.3) is 0 Å². The van der Waals surface area contributed by atoms with Gasteiger partial charge < -0.3 is 10.1 Å². The number of nitrogens with zero attached hydrogens (tertiary/aromatic N) is 1. The van der Waals surface area contributed by atoms with Gasteiger partial charge >= 0.3 is 0 Å². The average Bonchev–Trinajstić information content (AvgIpc) is 2.32. The minimum absolute atomic E-state index is 0.0122. The number of rotatable bonds is 5. The van der Waals surface area contributed by atoms with Gasteiger partial charge in [-0.15, -0.1) is 0 Å². The quantitative estimate of drug-likeness (QED) is 0.856. The van der Waals surface area contributed by atoms with Crippen LogP contribution in [0.1, 0.15) is 13.3 Å². The van der Waals surface area contributed by atoms with Crippen molar-refractivity contribution in [3.05, 3.63) is 23.2 Å². The average molecular weight is 239 g/mol. The Balaban J connectivity index is 2.64. The molecule has 3 nitrogen and oxygen atoms in total. The first-order valence-electron chi connectivity index (χ1n) is 5.18. The van der Waals surface area contributed by atoms with E-state index in [9.17, 15) is 0 Å². The summed E-state index contributed by atoms with van der Waals surface area (Å²) < 4.78 is 5.05. The Bertz CT molecular complexity index is 387. The van der Waals surface area contributed by atoms with Gasteiger partial charge in [0.05, 0.1) is 29.8 Å². The number of benzene rings is 1. The van der Waals surface area contributed by atoms with Crippen molar-refractivity contribution >= 4 is 17.3 Å². The van der Waals surface area contributed by atoms with E-state index in [-0.39, 0.29) is 5.92 Å². The number of ether oxygens (including phenoxy) is 1. The fourth-order valence-corrected chi connectivity index (χ4v) is 1.52. The van der Waals surface area contributed by atoms with E-state index in [1.165, 1.54) is 0 Å². The summed E-state index contributed by atoms with van der Waals surface area (Å²) in [5.74, 6) is 0.737. The summed E-state index contributed by atoms with van der Waals surface area (Å²) in [7, 11) is 1.60. The molecule has 1 aromatic rings. The first-order chi connectivity index (χ1) is 7.71. The molecule has 0 saturated carbocycles. The van der Waals surface area contributed by atoms with Gasteiger partial charge in [-0.05, 0) is 18.6 Å². The van der Waals surface area contributed by atoms with Gasteiger partial charge in [0.25, 0.3) is 0 Å². The molecule has 0 bridgehead atoms. The van der Waals surface area contributed by atoms with E-state index in [1.807, 2.05) is 19.1 Å². The van der Waals surface area contributed by atoms with Crippen molar-refractivity contribution in [2.45, 2.75) is 13.3 Å². The lowest BCUT2D eigenvalue weighted by molar-refractivity contribution is 0.415. The van der Waals surface area contributed by atoms with E-state index >= 15 is 0 Å². The first kappa shape index (κ1) is 12.7. The smallest absolute Gasteiger partial charge is 0.120 e. The maximum atomic E-state index is 8.81. The third kappa shape index (κ3) is 3.32. The Morgan fingerprint density at radius 2 is 2.31 bits per heavy atom. The molecule has 0 saturated heterocycles. The topological polar surface area (TPSA) is 45.0 Å². The number of anilines is 1. The molecule has 0 aliphatic carbocycles. The minimum Gasteiger partial charge on any atom is -0.497 e. The van der Waals surface area contributed by atoms with E-state index in [0.717, 1.165) is 17.9 Å². The Morgan fingerprint density at radius 3 is 2.81 bits per heavy atom. The zero-order valence-corrected chi connectivity index (χ0v) is 10.2. The fourth-order valence-electron chi connectivity index (χ4n) is 1.28. The van der Waals surface area contributed by atoms with Crippen LogP contribution in [0.4, 0.5) is 5.69 Å². The van der Waals surface area contributed by atoms with Crippen molar-refractivity contribution < 1.29 is 4.74 Å². The molecule has 4 heteroatoms. The highest BCUT2D eigenvalue weighted by molar-refractivity contribution is 6.33. The molecular formula is C12H15ClN2O. The van der Waals surface area contributed by atoms with Crippen LogP contribution in [0.2, 0.25) is 5.02 Å². The fraction of sp³-hybridized carbons (Fsp3) is 0.417. The summed E-state index contributed by atoms with van der Waals surface area (Å²) in [6.07, 6.45) is 0.831. The molecule has 86 valence electrons. The number of hydrogen-bond donors (Lipinski definition) is 1. The van der Waals surface area contributed by atoms with Crippen LogP contribution in [0.3, 0.4) is 0 Å². The number of methoxy groups -OCH3 is 1. The Kier molecular flexibility index (Phi) is 4.94. The number of halogens is 1. The Labute approximate surface area is 101 Å². The van der Waals surface area contributed by atoms with Crippen molar-refractivity contribution in [1.82, 2.24) is 0 Å². The van der Waals surface area contributed by atoms with Crippen LogP contribution >= 0.6 is 11.6 Å². The summed E-state index contributed by atoms with van der Waals surface area (Å²) in [5, 5.41) is 12.6.